The van der Waals surface area contributed by atoms with E-state index in [9.17, 15) is 9.90 Å². The highest BCUT2D eigenvalue weighted by Gasteiger charge is 2.21. The van der Waals surface area contributed by atoms with Crippen LogP contribution in [0.3, 0.4) is 0 Å². The molecule has 4 nitrogen and oxygen atoms in total. The molecule has 0 saturated carbocycles. The molecule has 0 unspecified atom stereocenters. The lowest BCUT2D eigenvalue weighted by Crippen LogP contribution is -2.37. The first kappa shape index (κ1) is 9.06. The van der Waals surface area contributed by atoms with Crippen LogP contribution >= 0.6 is 0 Å². The van der Waals surface area contributed by atoms with E-state index in [-0.39, 0.29) is 0 Å². The summed E-state index contributed by atoms with van der Waals surface area (Å²) in [7, 11) is 0. The van der Waals surface area contributed by atoms with Gasteiger partial charge in [-0.05, 0) is 19.8 Å². The van der Waals surface area contributed by atoms with Crippen molar-refractivity contribution in [2.45, 2.75) is 26.0 Å². The van der Waals surface area contributed by atoms with Crippen molar-refractivity contribution in [1.82, 2.24) is 4.90 Å². The van der Waals surface area contributed by atoms with E-state index in [2.05, 4.69) is 0 Å². The molecule has 1 amide bonds. The zero-order chi connectivity index (χ0) is 8.97. The second-order valence-corrected chi connectivity index (χ2v) is 2.55. The Morgan fingerprint density at radius 2 is 2.58 bits per heavy atom. The van der Waals surface area contributed by atoms with Gasteiger partial charge in [-0.25, -0.2) is 4.79 Å². The molecule has 68 valence electrons. The van der Waals surface area contributed by atoms with Crippen LogP contribution < -0.4 is 0 Å². The molecule has 1 rings (SSSR count). The van der Waals surface area contributed by atoms with Crippen LogP contribution in [-0.4, -0.2) is 28.9 Å². The molecule has 1 aliphatic rings. The first-order chi connectivity index (χ1) is 5.75. The predicted molar refractivity (Wildman–Crippen MR) is 43.2 cm³/mol. The van der Waals surface area contributed by atoms with Crippen molar-refractivity contribution in [3.8, 4) is 0 Å². The lowest BCUT2D eigenvalue weighted by molar-refractivity contribution is 0.0177. The zero-order valence-electron chi connectivity index (χ0n) is 7.06. The van der Waals surface area contributed by atoms with Crippen LogP contribution in [0.1, 0.15) is 19.8 Å². The molecule has 1 N–H and O–H groups in total. The molecule has 0 aromatic rings. The van der Waals surface area contributed by atoms with Crippen LogP contribution in [0, 0.1) is 0 Å². The molecule has 1 atom stereocenters. The van der Waals surface area contributed by atoms with Gasteiger partial charge in [-0.3, -0.25) is 4.90 Å². The van der Waals surface area contributed by atoms with E-state index in [1.54, 1.807) is 13.1 Å². The molecule has 1 heterocycles. The van der Waals surface area contributed by atoms with Gasteiger partial charge in [0.2, 0.25) is 0 Å². The number of ether oxygens (including phenoxy) is 1. The molecule has 0 saturated heterocycles. The first-order valence-electron chi connectivity index (χ1n) is 4.05. The molecular formula is C8H13NO3. The van der Waals surface area contributed by atoms with Crippen LogP contribution in [-0.2, 0) is 4.74 Å². The van der Waals surface area contributed by atoms with E-state index < -0.39 is 12.3 Å². The van der Waals surface area contributed by atoms with E-state index in [1.807, 2.05) is 6.08 Å². The molecule has 0 spiro atoms. The summed E-state index contributed by atoms with van der Waals surface area (Å²) in [6, 6.07) is 0. The van der Waals surface area contributed by atoms with E-state index in [0.29, 0.717) is 13.0 Å². The van der Waals surface area contributed by atoms with Gasteiger partial charge in [0.25, 0.3) is 0 Å². The Morgan fingerprint density at radius 3 is 3.17 bits per heavy atom. The minimum Gasteiger partial charge on any atom is -0.449 e. The summed E-state index contributed by atoms with van der Waals surface area (Å²) >= 11 is 0. The maximum atomic E-state index is 11.1. The van der Waals surface area contributed by atoms with Gasteiger partial charge in [0.1, 0.15) is 6.23 Å². The van der Waals surface area contributed by atoms with Crippen LogP contribution in [0.5, 0.6) is 0 Å². The Hall–Kier alpha value is -1.03. The van der Waals surface area contributed by atoms with E-state index in [4.69, 9.17) is 4.74 Å². The van der Waals surface area contributed by atoms with Crippen molar-refractivity contribution in [3.63, 3.8) is 0 Å². The topological polar surface area (TPSA) is 49.8 Å². The summed E-state index contributed by atoms with van der Waals surface area (Å²) in [6.07, 6.45) is 3.57. The Labute approximate surface area is 71.4 Å². The smallest absolute Gasteiger partial charge is 0.415 e. The average Bonchev–Trinajstić information content (AvgIpc) is 2.05. The number of amides is 1. The molecule has 0 aliphatic carbocycles. The average molecular weight is 171 g/mol. The fraction of sp³-hybridized carbons (Fsp3) is 0.625. The number of carbonyl (C=O) groups excluding carboxylic acids is 1. The van der Waals surface area contributed by atoms with Crippen molar-refractivity contribution >= 4 is 6.09 Å². The molecule has 4 heteroatoms. The summed E-state index contributed by atoms with van der Waals surface area (Å²) in [5.41, 5.74) is 0. The quantitative estimate of drug-likeness (QED) is 0.642. The van der Waals surface area contributed by atoms with Gasteiger partial charge >= 0.3 is 6.09 Å². The van der Waals surface area contributed by atoms with Crippen LogP contribution in [0.25, 0.3) is 0 Å². The number of aliphatic hydroxyl groups is 1. The van der Waals surface area contributed by atoms with Gasteiger partial charge in [-0.2, -0.15) is 0 Å². The van der Waals surface area contributed by atoms with Gasteiger partial charge < -0.3 is 9.84 Å². The Morgan fingerprint density at radius 1 is 1.83 bits per heavy atom. The number of rotatable bonds is 1. The molecular weight excluding hydrogens is 158 g/mol. The fourth-order valence-electron chi connectivity index (χ4n) is 1.05. The summed E-state index contributed by atoms with van der Waals surface area (Å²) < 4.78 is 4.73. The van der Waals surface area contributed by atoms with Gasteiger partial charge in [-0.1, -0.05) is 6.08 Å². The van der Waals surface area contributed by atoms with Crippen LogP contribution in [0.4, 0.5) is 4.79 Å². The highest BCUT2D eigenvalue weighted by atomic mass is 16.6. The standard InChI is InChI=1S/C8H13NO3/c1-2-12-8(11)9-6-4-3-5-7(9)10/h4,6-7,10H,2-3,5H2,1H3/t7-/m0/s1. The van der Waals surface area contributed by atoms with Gasteiger partial charge in [0.05, 0.1) is 6.61 Å². The Balaban J connectivity index is 2.53. The maximum Gasteiger partial charge on any atom is 0.415 e. The van der Waals surface area contributed by atoms with Gasteiger partial charge in [0.15, 0.2) is 0 Å². The zero-order valence-corrected chi connectivity index (χ0v) is 7.06. The molecule has 0 fully saturated rings. The number of hydrogen-bond acceptors (Lipinski definition) is 3. The fourth-order valence-corrected chi connectivity index (χ4v) is 1.05. The Kier molecular flexibility index (Phi) is 3.10. The largest absolute Gasteiger partial charge is 0.449 e. The number of aliphatic hydroxyl groups excluding tert-OH is 1. The third-order valence-electron chi connectivity index (χ3n) is 1.66. The Bertz CT molecular complexity index is 191. The number of nitrogens with zero attached hydrogens (tertiary/aromatic N) is 1. The molecule has 0 aromatic heterocycles. The van der Waals surface area contributed by atoms with Crippen molar-refractivity contribution in [2.75, 3.05) is 6.61 Å². The third kappa shape index (κ3) is 1.98. The predicted octanol–water partition coefficient (Wildman–Crippen LogP) is 1.07. The maximum absolute atomic E-state index is 11.1. The molecule has 12 heavy (non-hydrogen) atoms. The molecule has 0 radical (unpaired) electrons. The van der Waals surface area contributed by atoms with E-state index >= 15 is 0 Å². The molecule has 0 aromatic carbocycles. The highest BCUT2D eigenvalue weighted by molar-refractivity contribution is 5.69. The van der Waals surface area contributed by atoms with Crippen molar-refractivity contribution in [2.24, 2.45) is 0 Å². The summed E-state index contributed by atoms with van der Waals surface area (Å²) in [5, 5.41) is 9.34. The minimum absolute atomic E-state index is 0.329. The number of allylic oxidation sites excluding steroid dienone is 1. The molecule has 1 aliphatic heterocycles. The van der Waals surface area contributed by atoms with E-state index in [0.717, 1.165) is 6.42 Å². The summed E-state index contributed by atoms with van der Waals surface area (Å²) in [5.74, 6) is 0. The van der Waals surface area contributed by atoms with Crippen LogP contribution in [0.2, 0.25) is 0 Å². The second kappa shape index (κ2) is 4.11. The lowest BCUT2D eigenvalue weighted by Gasteiger charge is -2.26. The SMILES string of the molecule is CCOC(=O)N1C=CCC[C@@H]1O. The van der Waals surface area contributed by atoms with Gasteiger partial charge in [0, 0.05) is 6.20 Å². The van der Waals surface area contributed by atoms with E-state index in [1.165, 1.54) is 4.90 Å². The first-order valence-corrected chi connectivity index (χ1v) is 4.05. The number of carbonyl (C=O) groups is 1. The monoisotopic (exact) mass is 171 g/mol. The second-order valence-electron chi connectivity index (χ2n) is 2.55. The third-order valence-corrected chi connectivity index (χ3v) is 1.66. The van der Waals surface area contributed by atoms with Crippen molar-refractivity contribution in [1.29, 1.82) is 0 Å². The van der Waals surface area contributed by atoms with Crippen molar-refractivity contribution in [3.05, 3.63) is 12.3 Å². The number of hydrogen-bond donors (Lipinski definition) is 1. The van der Waals surface area contributed by atoms with Gasteiger partial charge in [-0.15, -0.1) is 0 Å². The summed E-state index contributed by atoms with van der Waals surface area (Å²) in [4.78, 5) is 12.3. The molecule has 0 bridgehead atoms. The normalized spacial score (nSPS) is 22.5. The minimum atomic E-state index is -0.728. The van der Waals surface area contributed by atoms with Crippen molar-refractivity contribution < 1.29 is 14.6 Å². The lowest BCUT2D eigenvalue weighted by atomic mass is 10.2. The highest BCUT2D eigenvalue weighted by Crippen LogP contribution is 2.13. The summed E-state index contributed by atoms with van der Waals surface area (Å²) in [6.45, 7) is 2.06. The van der Waals surface area contributed by atoms with Crippen LogP contribution in [0.15, 0.2) is 12.3 Å².